The molecule has 0 heterocycles. The van der Waals surface area contributed by atoms with Crippen molar-refractivity contribution in [3.63, 3.8) is 0 Å². The van der Waals surface area contributed by atoms with Crippen molar-refractivity contribution >= 4 is 5.97 Å². The van der Waals surface area contributed by atoms with Gasteiger partial charge in [-0.05, 0) is 19.8 Å². The zero-order chi connectivity index (χ0) is 10.1. The molecule has 3 heteroatoms. The maximum absolute atomic E-state index is 10.4. The third-order valence-corrected chi connectivity index (χ3v) is 1.52. The van der Waals surface area contributed by atoms with Crippen molar-refractivity contribution in [2.24, 2.45) is 0 Å². The Bertz CT molecular complexity index is 194. The lowest BCUT2D eigenvalue weighted by atomic mass is 10.2. The van der Waals surface area contributed by atoms with Gasteiger partial charge in [-0.2, -0.15) is 0 Å². The van der Waals surface area contributed by atoms with Gasteiger partial charge in [-0.25, -0.2) is 4.79 Å². The number of unbranched alkanes of at least 4 members (excludes halogenated alkanes) is 1. The van der Waals surface area contributed by atoms with Crippen molar-refractivity contribution in [2.75, 3.05) is 13.2 Å². The Kier molecular flexibility index (Phi) is 6.92. The van der Waals surface area contributed by atoms with Gasteiger partial charge in [-0.15, -0.1) is 6.58 Å². The Morgan fingerprint density at radius 3 is 2.85 bits per heavy atom. The Morgan fingerprint density at radius 2 is 2.31 bits per heavy atom. The number of rotatable bonds is 7. The van der Waals surface area contributed by atoms with Crippen LogP contribution < -0.4 is 0 Å². The highest BCUT2D eigenvalue weighted by molar-refractivity contribution is 5.85. The number of hydrogen-bond donors (Lipinski definition) is 1. The lowest BCUT2D eigenvalue weighted by molar-refractivity contribution is -0.132. The molecular formula is C10H16O3. The summed E-state index contributed by atoms with van der Waals surface area (Å²) in [5.41, 5.74) is 0.392. The molecule has 0 fully saturated rings. The Balaban J connectivity index is 3.39. The van der Waals surface area contributed by atoms with E-state index in [1.807, 2.05) is 0 Å². The molecule has 0 unspecified atom stereocenters. The van der Waals surface area contributed by atoms with Crippen LogP contribution >= 0.6 is 0 Å². The summed E-state index contributed by atoms with van der Waals surface area (Å²) < 4.78 is 5.13. The molecule has 0 saturated heterocycles. The van der Waals surface area contributed by atoms with Crippen LogP contribution in [0.2, 0.25) is 0 Å². The van der Waals surface area contributed by atoms with Crippen molar-refractivity contribution in [3.8, 4) is 0 Å². The molecule has 13 heavy (non-hydrogen) atoms. The van der Waals surface area contributed by atoms with E-state index in [4.69, 9.17) is 9.84 Å². The number of aliphatic carboxylic acids is 1. The average Bonchev–Trinajstić information content (AvgIpc) is 2.10. The van der Waals surface area contributed by atoms with Gasteiger partial charge in [0.2, 0.25) is 0 Å². The molecular weight excluding hydrogens is 168 g/mol. The van der Waals surface area contributed by atoms with Crippen LogP contribution in [0.5, 0.6) is 0 Å². The number of allylic oxidation sites excluding steroid dienone is 1. The van der Waals surface area contributed by atoms with Crippen LogP contribution in [0.25, 0.3) is 0 Å². The monoisotopic (exact) mass is 184 g/mol. The van der Waals surface area contributed by atoms with E-state index in [1.165, 1.54) is 0 Å². The molecule has 0 aromatic carbocycles. The molecule has 0 bridgehead atoms. The number of hydrogen-bond acceptors (Lipinski definition) is 2. The molecule has 0 spiro atoms. The largest absolute Gasteiger partial charge is 0.478 e. The fourth-order valence-electron chi connectivity index (χ4n) is 0.758. The second-order valence-corrected chi connectivity index (χ2v) is 2.70. The highest BCUT2D eigenvalue weighted by atomic mass is 16.5. The first-order valence-electron chi connectivity index (χ1n) is 4.27. The molecule has 0 aromatic heterocycles. The van der Waals surface area contributed by atoms with Gasteiger partial charge in [0.15, 0.2) is 0 Å². The van der Waals surface area contributed by atoms with Crippen molar-refractivity contribution in [3.05, 3.63) is 24.3 Å². The van der Waals surface area contributed by atoms with E-state index in [9.17, 15) is 4.79 Å². The first-order valence-corrected chi connectivity index (χ1v) is 4.27. The summed E-state index contributed by atoms with van der Waals surface area (Å²) >= 11 is 0. The molecule has 0 saturated carbocycles. The van der Waals surface area contributed by atoms with Gasteiger partial charge < -0.3 is 9.84 Å². The van der Waals surface area contributed by atoms with Gasteiger partial charge in [0, 0.05) is 12.2 Å². The van der Waals surface area contributed by atoms with Crippen LogP contribution in [0.15, 0.2) is 24.3 Å². The van der Waals surface area contributed by atoms with Gasteiger partial charge in [0.05, 0.1) is 6.61 Å². The summed E-state index contributed by atoms with van der Waals surface area (Å²) in [5.74, 6) is -0.855. The topological polar surface area (TPSA) is 46.5 Å². The highest BCUT2D eigenvalue weighted by Crippen LogP contribution is 1.98. The molecule has 0 atom stereocenters. The Morgan fingerprint density at radius 1 is 1.62 bits per heavy atom. The third kappa shape index (κ3) is 7.28. The number of carboxylic acids is 1. The zero-order valence-electron chi connectivity index (χ0n) is 7.95. The minimum Gasteiger partial charge on any atom is -0.478 e. The van der Waals surface area contributed by atoms with E-state index in [1.54, 1.807) is 19.1 Å². The smallest absolute Gasteiger partial charge is 0.330 e. The summed E-state index contributed by atoms with van der Waals surface area (Å²) in [4.78, 5) is 10.4. The summed E-state index contributed by atoms with van der Waals surface area (Å²) in [7, 11) is 0. The molecule has 0 rings (SSSR count). The van der Waals surface area contributed by atoms with Crippen molar-refractivity contribution in [2.45, 2.75) is 19.8 Å². The van der Waals surface area contributed by atoms with Crippen LogP contribution in [0.4, 0.5) is 0 Å². The van der Waals surface area contributed by atoms with E-state index < -0.39 is 5.97 Å². The molecule has 1 N–H and O–H groups in total. The molecule has 3 nitrogen and oxygen atoms in total. The van der Waals surface area contributed by atoms with E-state index in [0.29, 0.717) is 18.8 Å². The van der Waals surface area contributed by atoms with E-state index in [2.05, 4.69) is 6.58 Å². The number of ether oxygens (including phenoxy) is 1. The first kappa shape index (κ1) is 11.9. The van der Waals surface area contributed by atoms with Gasteiger partial charge in [0.25, 0.3) is 0 Å². The van der Waals surface area contributed by atoms with E-state index >= 15 is 0 Å². The molecule has 0 radical (unpaired) electrons. The van der Waals surface area contributed by atoms with Crippen LogP contribution in [0.3, 0.4) is 0 Å². The predicted octanol–water partition coefficient (Wildman–Crippen LogP) is 2.00. The molecule has 0 aliphatic carbocycles. The second-order valence-electron chi connectivity index (χ2n) is 2.70. The van der Waals surface area contributed by atoms with Gasteiger partial charge >= 0.3 is 5.97 Å². The lowest BCUT2D eigenvalue weighted by Crippen LogP contribution is -1.97. The van der Waals surface area contributed by atoms with Crippen molar-refractivity contribution < 1.29 is 14.6 Å². The minimum absolute atomic E-state index is 0.392. The number of carbonyl (C=O) groups is 1. The molecule has 0 aromatic rings. The standard InChI is InChI=1S/C10H16O3/c1-3-7-13-8-5-4-6-9(2)10(11)12/h3,6H,1,4-5,7-8H2,2H3,(H,11,12). The average molecular weight is 184 g/mol. The SMILES string of the molecule is C=CCOCCCC=C(C)C(=O)O. The summed E-state index contributed by atoms with van der Waals surface area (Å²) in [6.07, 6.45) is 4.99. The molecule has 0 aliphatic heterocycles. The van der Waals surface area contributed by atoms with Gasteiger partial charge in [-0.1, -0.05) is 12.2 Å². The van der Waals surface area contributed by atoms with Crippen molar-refractivity contribution in [1.82, 2.24) is 0 Å². The lowest BCUT2D eigenvalue weighted by Gasteiger charge is -1.98. The first-order chi connectivity index (χ1) is 6.18. The molecule has 0 amide bonds. The Labute approximate surface area is 78.7 Å². The molecule has 74 valence electrons. The van der Waals surface area contributed by atoms with Crippen LogP contribution in [0, 0.1) is 0 Å². The fraction of sp³-hybridized carbons (Fsp3) is 0.500. The number of carboxylic acid groups (broad SMARTS) is 1. The second kappa shape index (κ2) is 7.55. The van der Waals surface area contributed by atoms with Gasteiger partial charge in [0.1, 0.15) is 0 Å². The van der Waals surface area contributed by atoms with Crippen molar-refractivity contribution in [1.29, 1.82) is 0 Å². The molecule has 0 aliphatic rings. The summed E-state index contributed by atoms with van der Waals surface area (Å²) in [6.45, 7) is 6.31. The van der Waals surface area contributed by atoms with Gasteiger partial charge in [-0.3, -0.25) is 0 Å². The summed E-state index contributed by atoms with van der Waals surface area (Å²) in [6, 6.07) is 0. The predicted molar refractivity (Wildman–Crippen MR) is 51.6 cm³/mol. The summed E-state index contributed by atoms with van der Waals surface area (Å²) in [5, 5.41) is 8.51. The highest BCUT2D eigenvalue weighted by Gasteiger charge is 1.97. The fourth-order valence-corrected chi connectivity index (χ4v) is 0.758. The normalized spacial score (nSPS) is 11.3. The maximum Gasteiger partial charge on any atom is 0.330 e. The zero-order valence-corrected chi connectivity index (χ0v) is 7.95. The van der Waals surface area contributed by atoms with Crippen LogP contribution in [-0.4, -0.2) is 24.3 Å². The van der Waals surface area contributed by atoms with E-state index in [0.717, 1.165) is 12.8 Å². The van der Waals surface area contributed by atoms with Crippen LogP contribution in [-0.2, 0) is 9.53 Å². The Hall–Kier alpha value is -1.09. The van der Waals surface area contributed by atoms with E-state index in [-0.39, 0.29) is 0 Å². The minimum atomic E-state index is -0.855. The quantitative estimate of drug-likeness (QED) is 0.374. The maximum atomic E-state index is 10.4. The van der Waals surface area contributed by atoms with Crippen LogP contribution in [0.1, 0.15) is 19.8 Å². The third-order valence-electron chi connectivity index (χ3n) is 1.52.